The van der Waals surface area contributed by atoms with Crippen LogP contribution in [0, 0.1) is 6.92 Å². The van der Waals surface area contributed by atoms with Crippen LogP contribution in [0.25, 0.3) is 5.76 Å². The Morgan fingerprint density at radius 1 is 0.921 bits per heavy atom. The number of ketones is 1. The largest absolute Gasteiger partial charge is 0.507 e. The van der Waals surface area contributed by atoms with Gasteiger partial charge in [-0.1, -0.05) is 18.2 Å². The average Bonchev–Trinajstić information content (AvgIpc) is 3.20. The molecule has 1 aliphatic heterocycles. The number of carbonyl (C=O) groups excluding carboxylic acids is 2. The smallest absolute Gasteiger partial charge is 0.300 e. The second kappa shape index (κ2) is 10.6. The van der Waals surface area contributed by atoms with Gasteiger partial charge in [-0.2, -0.15) is 0 Å². The normalized spacial score (nSPS) is 16.5. The van der Waals surface area contributed by atoms with Crippen molar-refractivity contribution in [1.29, 1.82) is 0 Å². The molecule has 38 heavy (non-hydrogen) atoms. The molecule has 1 aromatic heterocycles. The molecule has 1 amide bonds. The topological polar surface area (TPSA) is 89.0 Å². The Morgan fingerprint density at radius 3 is 2.32 bits per heavy atom. The van der Waals surface area contributed by atoms with Crippen LogP contribution in [0.2, 0.25) is 0 Å². The Kier molecular flexibility index (Phi) is 6.91. The third-order valence-electron chi connectivity index (χ3n) is 6.22. The van der Waals surface area contributed by atoms with Crippen molar-refractivity contribution in [2.24, 2.45) is 0 Å². The van der Waals surface area contributed by atoms with E-state index < -0.39 is 17.7 Å². The van der Waals surface area contributed by atoms with Crippen molar-refractivity contribution >= 4 is 23.1 Å². The summed E-state index contributed by atoms with van der Waals surface area (Å²) in [6.07, 6.45) is 3.20. The zero-order chi connectivity index (χ0) is 26.6. The monoisotopic (exact) mass is 506 g/mol. The summed E-state index contributed by atoms with van der Waals surface area (Å²) in [6, 6.07) is 24.0. The van der Waals surface area contributed by atoms with Crippen molar-refractivity contribution in [2.75, 3.05) is 11.5 Å². The number of anilines is 1. The van der Waals surface area contributed by atoms with Crippen molar-refractivity contribution in [1.82, 2.24) is 4.98 Å². The summed E-state index contributed by atoms with van der Waals surface area (Å²) in [6.45, 7) is 4.37. The minimum atomic E-state index is -0.862. The number of aromatic nitrogens is 1. The number of hydrogen-bond donors (Lipinski definition) is 1. The van der Waals surface area contributed by atoms with Gasteiger partial charge in [-0.3, -0.25) is 19.5 Å². The first-order valence-electron chi connectivity index (χ1n) is 12.2. The number of nitrogens with zero attached hydrogens (tertiary/aromatic N) is 2. The number of aryl methyl sites for hydroxylation is 1. The summed E-state index contributed by atoms with van der Waals surface area (Å²) in [5.74, 6) is 0.152. The maximum absolute atomic E-state index is 13.3. The van der Waals surface area contributed by atoms with Gasteiger partial charge in [0.15, 0.2) is 0 Å². The van der Waals surface area contributed by atoms with Gasteiger partial charge in [0.2, 0.25) is 0 Å². The van der Waals surface area contributed by atoms with E-state index in [4.69, 9.17) is 9.47 Å². The summed E-state index contributed by atoms with van der Waals surface area (Å²) >= 11 is 0. The predicted molar refractivity (Wildman–Crippen MR) is 144 cm³/mol. The van der Waals surface area contributed by atoms with Crippen molar-refractivity contribution in [2.45, 2.75) is 19.9 Å². The number of ether oxygens (including phenoxy) is 2. The van der Waals surface area contributed by atoms with Crippen LogP contribution in [-0.4, -0.2) is 28.4 Å². The summed E-state index contributed by atoms with van der Waals surface area (Å²) in [5, 5.41) is 11.3. The molecule has 0 radical (unpaired) electrons. The van der Waals surface area contributed by atoms with Gasteiger partial charge in [0.25, 0.3) is 11.7 Å². The van der Waals surface area contributed by atoms with E-state index in [0.717, 1.165) is 5.56 Å². The first-order valence-corrected chi connectivity index (χ1v) is 12.2. The number of benzene rings is 3. The number of amides is 1. The van der Waals surface area contributed by atoms with Crippen LogP contribution in [-0.2, 0) is 9.59 Å². The molecular formula is C31H26N2O5. The van der Waals surface area contributed by atoms with E-state index in [1.165, 1.54) is 4.90 Å². The van der Waals surface area contributed by atoms with Gasteiger partial charge in [-0.25, -0.2) is 0 Å². The fraction of sp³-hybridized carbons (Fsp3) is 0.129. The van der Waals surface area contributed by atoms with E-state index in [1.54, 1.807) is 73.1 Å². The highest BCUT2D eigenvalue weighted by atomic mass is 16.5. The number of hydrogen-bond acceptors (Lipinski definition) is 6. The molecule has 0 spiro atoms. The highest BCUT2D eigenvalue weighted by Gasteiger charge is 2.47. The van der Waals surface area contributed by atoms with Crippen LogP contribution in [0.1, 0.15) is 29.7 Å². The van der Waals surface area contributed by atoms with Gasteiger partial charge >= 0.3 is 0 Å². The van der Waals surface area contributed by atoms with Gasteiger partial charge in [-0.15, -0.1) is 0 Å². The molecule has 7 heteroatoms. The Balaban J connectivity index is 1.54. The van der Waals surface area contributed by atoms with E-state index in [2.05, 4.69) is 4.98 Å². The number of rotatable bonds is 7. The van der Waals surface area contributed by atoms with Crippen LogP contribution in [0.5, 0.6) is 17.2 Å². The highest BCUT2D eigenvalue weighted by molar-refractivity contribution is 6.51. The standard InChI is InChI=1S/C31H26N2O5/c1-3-37-24-13-9-21(10-14-24)29(34)27-28(22-7-5-17-32-19-22)33(31(36)30(27)35)23-11-15-25(16-12-23)38-26-8-4-6-20(2)18-26/h4-19,28,34H,3H2,1-2H3/b29-27-. The van der Waals surface area contributed by atoms with Gasteiger partial charge in [0.05, 0.1) is 18.2 Å². The molecule has 1 aliphatic rings. The van der Waals surface area contributed by atoms with Crippen LogP contribution in [0.15, 0.2) is 103 Å². The number of aliphatic hydroxyl groups excluding tert-OH is 1. The molecule has 1 fully saturated rings. The fourth-order valence-electron chi connectivity index (χ4n) is 4.47. The molecule has 3 aromatic carbocycles. The quantitative estimate of drug-likeness (QED) is 0.182. The maximum Gasteiger partial charge on any atom is 0.300 e. The lowest BCUT2D eigenvalue weighted by molar-refractivity contribution is -0.132. The lowest BCUT2D eigenvalue weighted by Crippen LogP contribution is -2.29. The summed E-state index contributed by atoms with van der Waals surface area (Å²) in [5.41, 5.74) is 2.56. The number of carbonyl (C=O) groups is 2. The summed E-state index contributed by atoms with van der Waals surface area (Å²) in [7, 11) is 0. The van der Waals surface area contributed by atoms with Gasteiger partial charge < -0.3 is 14.6 Å². The molecule has 4 aromatic rings. The molecule has 1 N–H and O–H groups in total. The van der Waals surface area contributed by atoms with Crippen molar-refractivity contribution < 1.29 is 24.2 Å². The van der Waals surface area contributed by atoms with E-state index in [0.29, 0.717) is 40.7 Å². The SMILES string of the molecule is CCOc1ccc(/C(O)=C2/C(=O)C(=O)N(c3ccc(Oc4cccc(C)c4)cc3)C2c2cccnc2)cc1. The lowest BCUT2D eigenvalue weighted by atomic mass is 9.96. The van der Waals surface area contributed by atoms with E-state index in [1.807, 2.05) is 38.1 Å². The third kappa shape index (κ3) is 4.86. The average molecular weight is 507 g/mol. The number of pyridine rings is 1. The molecule has 190 valence electrons. The fourth-order valence-corrected chi connectivity index (χ4v) is 4.47. The minimum Gasteiger partial charge on any atom is -0.507 e. The summed E-state index contributed by atoms with van der Waals surface area (Å²) in [4.78, 5) is 32.2. The summed E-state index contributed by atoms with van der Waals surface area (Å²) < 4.78 is 11.4. The molecule has 0 saturated carbocycles. The van der Waals surface area contributed by atoms with Gasteiger partial charge in [-0.05, 0) is 91.7 Å². The second-order valence-electron chi connectivity index (χ2n) is 8.83. The van der Waals surface area contributed by atoms with E-state index >= 15 is 0 Å². The number of Topliss-reactive ketones (excluding diaryl/α,β-unsaturated/α-hetero) is 1. The molecule has 0 bridgehead atoms. The Morgan fingerprint density at radius 2 is 1.66 bits per heavy atom. The number of aliphatic hydroxyl groups is 1. The molecule has 0 aliphatic carbocycles. The van der Waals surface area contributed by atoms with Gasteiger partial charge in [0, 0.05) is 23.6 Å². The molecule has 7 nitrogen and oxygen atoms in total. The molecule has 1 saturated heterocycles. The van der Waals surface area contributed by atoms with Gasteiger partial charge in [0.1, 0.15) is 23.0 Å². The molecule has 1 unspecified atom stereocenters. The maximum atomic E-state index is 13.3. The van der Waals surface area contributed by atoms with Crippen molar-refractivity contribution in [3.8, 4) is 17.2 Å². The first-order chi connectivity index (χ1) is 18.5. The first kappa shape index (κ1) is 24.8. The highest BCUT2D eigenvalue weighted by Crippen LogP contribution is 2.42. The molecule has 1 atom stereocenters. The Bertz CT molecular complexity index is 1500. The third-order valence-corrected chi connectivity index (χ3v) is 6.22. The van der Waals surface area contributed by atoms with Crippen LogP contribution < -0.4 is 14.4 Å². The van der Waals surface area contributed by atoms with Crippen LogP contribution in [0.4, 0.5) is 5.69 Å². The Hall–Kier alpha value is -4.91. The zero-order valence-corrected chi connectivity index (χ0v) is 21.0. The van der Waals surface area contributed by atoms with Crippen molar-refractivity contribution in [3.63, 3.8) is 0 Å². The van der Waals surface area contributed by atoms with Crippen LogP contribution >= 0.6 is 0 Å². The second-order valence-corrected chi connectivity index (χ2v) is 8.83. The molecule has 5 rings (SSSR count). The lowest BCUT2D eigenvalue weighted by Gasteiger charge is -2.25. The zero-order valence-electron chi connectivity index (χ0n) is 21.0. The molecule has 2 heterocycles. The predicted octanol–water partition coefficient (Wildman–Crippen LogP) is 6.21. The van der Waals surface area contributed by atoms with E-state index in [9.17, 15) is 14.7 Å². The van der Waals surface area contributed by atoms with Crippen molar-refractivity contribution in [3.05, 3.63) is 120 Å². The minimum absolute atomic E-state index is 0.00718. The Labute approximate surface area is 220 Å². The van der Waals surface area contributed by atoms with Crippen LogP contribution in [0.3, 0.4) is 0 Å². The van der Waals surface area contributed by atoms with E-state index in [-0.39, 0.29) is 11.3 Å². The molecular weight excluding hydrogens is 480 g/mol.